The lowest BCUT2D eigenvalue weighted by Gasteiger charge is -2.37. The van der Waals surface area contributed by atoms with Gasteiger partial charge in [-0.05, 0) is 26.3 Å². The number of nitrogens with one attached hydrogen (secondary N) is 1. The summed E-state index contributed by atoms with van der Waals surface area (Å²) in [5.74, 6) is 1.22. The van der Waals surface area contributed by atoms with Gasteiger partial charge in [-0.15, -0.1) is 11.3 Å². The van der Waals surface area contributed by atoms with Crippen LogP contribution < -0.4 is 10.2 Å². The van der Waals surface area contributed by atoms with E-state index in [1.807, 2.05) is 11.3 Å². The van der Waals surface area contributed by atoms with Gasteiger partial charge in [0.1, 0.15) is 0 Å². The maximum absolute atomic E-state index is 4.91. The highest BCUT2D eigenvalue weighted by Gasteiger charge is 2.27. The minimum absolute atomic E-state index is 0.584. The zero-order valence-corrected chi connectivity index (χ0v) is 14.7. The molecule has 5 heteroatoms. The molecule has 0 spiro atoms. The molecule has 0 aliphatic carbocycles. The number of aromatic nitrogens is 1. The van der Waals surface area contributed by atoms with E-state index in [0.717, 1.165) is 26.1 Å². The minimum atomic E-state index is 0.584. The smallest absolute Gasteiger partial charge is 0.186 e. The molecule has 3 nitrogen and oxygen atoms in total. The molecule has 1 aliphatic rings. The first kappa shape index (κ1) is 16.1. The summed E-state index contributed by atoms with van der Waals surface area (Å²) in [6.45, 7) is 12.3. The van der Waals surface area contributed by atoms with Crippen LogP contribution >= 0.6 is 23.1 Å². The third-order valence-corrected chi connectivity index (χ3v) is 6.42. The van der Waals surface area contributed by atoms with Gasteiger partial charge in [0, 0.05) is 35.0 Å². The van der Waals surface area contributed by atoms with Crippen molar-refractivity contribution in [3.05, 3.63) is 10.6 Å². The van der Waals surface area contributed by atoms with Gasteiger partial charge in [-0.3, -0.25) is 0 Å². The van der Waals surface area contributed by atoms with Crippen molar-refractivity contribution in [1.29, 1.82) is 0 Å². The van der Waals surface area contributed by atoms with Crippen LogP contribution in [0.3, 0.4) is 0 Å². The van der Waals surface area contributed by atoms with E-state index in [2.05, 4.69) is 49.7 Å². The third-order valence-electron chi connectivity index (χ3n) is 3.94. The van der Waals surface area contributed by atoms with Gasteiger partial charge in [-0.25, -0.2) is 4.98 Å². The molecule has 0 bridgehead atoms. The Balaban J connectivity index is 2.11. The van der Waals surface area contributed by atoms with Crippen LogP contribution in [0.1, 0.15) is 44.7 Å². The normalized spacial score (nSPS) is 23.3. The van der Waals surface area contributed by atoms with Gasteiger partial charge in [0.2, 0.25) is 0 Å². The van der Waals surface area contributed by atoms with Crippen LogP contribution in [0.2, 0.25) is 0 Å². The topological polar surface area (TPSA) is 28.2 Å². The molecule has 2 heterocycles. The van der Waals surface area contributed by atoms with E-state index in [0.29, 0.717) is 11.3 Å². The Bertz CT molecular complexity index is 419. The first-order valence-corrected chi connectivity index (χ1v) is 9.61. The average molecular weight is 314 g/mol. The number of hydrogen-bond acceptors (Lipinski definition) is 5. The van der Waals surface area contributed by atoms with Gasteiger partial charge in [0.25, 0.3) is 0 Å². The van der Waals surface area contributed by atoms with Crippen molar-refractivity contribution >= 4 is 28.2 Å². The molecule has 2 atom stereocenters. The summed E-state index contributed by atoms with van der Waals surface area (Å²) in [6.07, 6.45) is 2.22. The summed E-state index contributed by atoms with van der Waals surface area (Å²) < 4.78 is 0. The zero-order valence-electron chi connectivity index (χ0n) is 13.1. The number of anilines is 1. The van der Waals surface area contributed by atoms with Gasteiger partial charge in [-0.1, -0.05) is 20.8 Å². The molecule has 1 aromatic rings. The Hall–Kier alpha value is -0.260. The van der Waals surface area contributed by atoms with E-state index in [4.69, 9.17) is 4.98 Å². The Labute approximate surface area is 131 Å². The second-order valence-electron chi connectivity index (χ2n) is 5.41. The first-order chi connectivity index (χ1) is 9.67. The van der Waals surface area contributed by atoms with Crippen molar-refractivity contribution in [2.45, 2.75) is 58.4 Å². The standard InChI is InChI=1S/C15H27N3S2/c1-5-7-16-10-14-13(6-2)17-15(20-14)18-8-9-19-12(4)11(18)3/h11-12,16H,5-10H2,1-4H3. The summed E-state index contributed by atoms with van der Waals surface area (Å²) in [5, 5.41) is 5.44. The van der Waals surface area contributed by atoms with E-state index in [1.165, 1.54) is 27.9 Å². The second kappa shape index (κ2) is 7.66. The van der Waals surface area contributed by atoms with Crippen molar-refractivity contribution < 1.29 is 0 Å². The van der Waals surface area contributed by atoms with Crippen LogP contribution in [0.4, 0.5) is 5.13 Å². The predicted molar refractivity (Wildman–Crippen MR) is 92.2 cm³/mol. The van der Waals surface area contributed by atoms with Gasteiger partial charge in [0.15, 0.2) is 5.13 Å². The summed E-state index contributed by atoms with van der Waals surface area (Å²) in [7, 11) is 0. The highest BCUT2D eigenvalue weighted by Crippen LogP contribution is 2.33. The maximum Gasteiger partial charge on any atom is 0.186 e. The minimum Gasteiger partial charge on any atom is -0.343 e. The fraction of sp³-hybridized carbons (Fsp3) is 0.800. The fourth-order valence-electron chi connectivity index (χ4n) is 2.49. The molecule has 2 rings (SSSR count). The second-order valence-corrected chi connectivity index (χ2v) is 7.95. The number of aryl methyl sites for hydroxylation is 1. The van der Waals surface area contributed by atoms with E-state index in [1.54, 1.807) is 0 Å². The molecular formula is C15H27N3S2. The van der Waals surface area contributed by atoms with E-state index >= 15 is 0 Å². The average Bonchev–Trinajstić information content (AvgIpc) is 2.85. The Morgan fingerprint density at radius 2 is 2.15 bits per heavy atom. The van der Waals surface area contributed by atoms with Crippen LogP contribution in [0.5, 0.6) is 0 Å². The number of thiazole rings is 1. The van der Waals surface area contributed by atoms with Crippen LogP contribution in [-0.2, 0) is 13.0 Å². The molecule has 1 saturated heterocycles. The summed E-state index contributed by atoms with van der Waals surface area (Å²) in [4.78, 5) is 8.84. The molecule has 0 aromatic carbocycles. The lowest BCUT2D eigenvalue weighted by molar-refractivity contribution is 0.625. The van der Waals surface area contributed by atoms with Crippen molar-refractivity contribution in [3.8, 4) is 0 Å². The van der Waals surface area contributed by atoms with Crippen LogP contribution in [0.25, 0.3) is 0 Å². The summed E-state index contributed by atoms with van der Waals surface area (Å²) in [6, 6.07) is 0.584. The molecule has 1 N–H and O–H groups in total. The van der Waals surface area contributed by atoms with Crippen molar-refractivity contribution in [3.63, 3.8) is 0 Å². The van der Waals surface area contributed by atoms with Crippen LogP contribution in [0, 0.1) is 0 Å². The Morgan fingerprint density at radius 1 is 1.35 bits per heavy atom. The highest BCUT2D eigenvalue weighted by atomic mass is 32.2. The zero-order chi connectivity index (χ0) is 14.5. The molecule has 0 saturated carbocycles. The summed E-state index contributed by atoms with van der Waals surface area (Å²) >= 11 is 3.97. The first-order valence-electron chi connectivity index (χ1n) is 7.74. The van der Waals surface area contributed by atoms with E-state index < -0.39 is 0 Å². The number of rotatable bonds is 6. The SMILES string of the molecule is CCCNCc1sc(N2CCSC(C)C2C)nc1CC. The predicted octanol–water partition coefficient (Wildman–Crippen LogP) is 3.54. The van der Waals surface area contributed by atoms with Crippen LogP contribution in [-0.4, -0.2) is 35.1 Å². The number of nitrogens with zero attached hydrogens (tertiary/aromatic N) is 2. The quantitative estimate of drug-likeness (QED) is 0.813. The monoisotopic (exact) mass is 313 g/mol. The molecule has 1 aromatic heterocycles. The van der Waals surface area contributed by atoms with Gasteiger partial charge in [-0.2, -0.15) is 11.8 Å². The van der Waals surface area contributed by atoms with Crippen LogP contribution in [0.15, 0.2) is 0 Å². The van der Waals surface area contributed by atoms with Crippen molar-refractivity contribution in [1.82, 2.24) is 10.3 Å². The van der Waals surface area contributed by atoms with E-state index in [9.17, 15) is 0 Å². The molecule has 114 valence electrons. The summed E-state index contributed by atoms with van der Waals surface area (Å²) in [5.41, 5.74) is 1.28. The molecular weight excluding hydrogens is 286 g/mol. The van der Waals surface area contributed by atoms with E-state index in [-0.39, 0.29) is 0 Å². The molecule has 0 amide bonds. The molecule has 2 unspecified atom stereocenters. The van der Waals surface area contributed by atoms with Gasteiger partial charge in [0.05, 0.1) is 5.69 Å². The Morgan fingerprint density at radius 3 is 2.85 bits per heavy atom. The van der Waals surface area contributed by atoms with Gasteiger partial charge >= 0.3 is 0 Å². The number of hydrogen-bond donors (Lipinski definition) is 1. The number of thioether (sulfide) groups is 1. The Kier molecular flexibility index (Phi) is 6.18. The molecule has 0 radical (unpaired) electrons. The van der Waals surface area contributed by atoms with Crippen molar-refractivity contribution in [2.75, 3.05) is 23.7 Å². The fourth-order valence-corrected chi connectivity index (χ4v) is 4.82. The van der Waals surface area contributed by atoms with Gasteiger partial charge < -0.3 is 10.2 Å². The molecule has 1 fully saturated rings. The lowest BCUT2D eigenvalue weighted by atomic mass is 10.2. The maximum atomic E-state index is 4.91. The third kappa shape index (κ3) is 3.68. The lowest BCUT2D eigenvalue weighted by Crippen LogP contribution is -2.44. The molecule has 20 heavy (non-hydrogen) atoms. The van der Waals surface area contributed by atoms with Crippen molar-refractivity contribution in [2.24, 2.45) is 0 Å². The molecule has 1 aliphatic heterocycles. The largest absolute Gasteiger partial charge is 0.343 e. The highest BCUT2D eigenvalue weighted by molar-refractivity contribution is 8.00.